The van der Waals surface area contributed by atoms with Gasteiger partial charge in [-0.25, -0.2) is 13.8 Å². The Morgan fingerprint density at radius 2 is 1.66 bits per heavy atom. The lowest BCUT2D eigenvalue weighted by atomic mass is 9.99. The second-order valence-electron chi connectivity index (χ2n) is 12.3. The number of halogens is 5. The first-order valence-electron chi connectivity index (χ1n) is 16.4. The average Bonchev–Trinajstić information content (AvgIpc) is 3.12. The van der Waals surface area contributed by atoms with Gasteiger partial charge >= 0.3 is 6.18 Å². The summed E-state index contributed by atoms with van der Waals surface area (Å²) in [5.41, 5.74) is 2.86. The number of benzene rings is 3. The SMILES string of the molecule is CCN1CCC(N(Cc2ccc(-c3ccc(C(F)(F)F)cc3)cc2)C(=O)Cc2c(SCc3cccc(F)c3F)c[n+]([O-])c3cccnc23)CC1. The highest BCUT2D eigenvalue weighted by molar-refractivity contribution is 7.98. The molecule has 6 nitrogen and oxygen atoms in total. The molecule has 2 aromatic heterocycles. The van der Waals surface area contributed by atoms with Crippen molar-refractivity contribution in [1.29, 1.82) is 0 Å². The number of aromatic nitrogens is 2. The van der Waals surface area contributed by atoms with Crippen LogP contribution in [0.4, 0.5) is 22.0 Å². The Morgan fingerprint density at radius 3 is 2.32 bits per heavy atom. The van der Waals surface area contributed by atoms with E-state index in [4.69, 9.17) is 0 Å². The maximum absolute atomic E-state index is 14.5. The molecule has 1 aliphatic heterocycles. The highest BCUT2D eigenvalue weighted by atomic mass is 32.2. The molecule has 1 aliphatic rings. The standard InChI is InChI=1S/C38H35F5N4O2S/c1-2-45-19-16-30(17-20-45)46(22-25-8-10-26(11-9-25)27-12-14-29(15-13-27)38(41,42)43)35(48)21-31-34(23-47(49)33-7-4-18-44-37(31)33)50-24-28-5-3-6-32(39)36(28)40/h3-15,18,23,30H,2,16-17,19-22,24H2,1H3. The average molecular weight is 707 g/mol. The fraction of sp³-hybridized carbons (Fsp3) is 0.289. The van der Waals surface area contributed by atoms with Crippen molar-refractivity contribution >= 4 is 28.7 Å². The number of hydrogen-bond acceptors (Lipinski definition) is 5. The fourth-order valence-electron chi connectivity index (χ4n) is 6.36. The van der Waals surface area contributed by atoms with E-state index >= 15 is 0 Å². The number of piperidine rings is 1. The Bertz CT molecular complexity index is 1960. The van der Waals surface area contributed by atoms with Crippen LogP contribution in [0.25, 0.3) is 22.2 Å². The maximum Gasteiger partial charge on any atom is 0.416 e. The topological polar surface area (TPSA) is 63.4 Å². The van der Waals surface area contributed by atoms with Crippen molar-refractivity contribution in [3.63, 3.8) is 0 Å². The minimum atomic E-state index is -4.41. The van der Waals surface area contributed by atoms with Gasteiger partial charge in [0.15, 0.2) is 17.8 Å². The summed E-state index contributed by atoms with van der Waals surface area (Å²) in [6.45, 7) is 5.00. The van der Waals surface area contributed by atoms with Crippen molar-refractivity contribution in [2.75, 3.05) is 19.6 Å². The van der Waals surface area contributed by atoms with Gasteiger partial charge in [-0.3, -0.25) is 4.79 Å². The number of carbonyl (C=O) groups excluding carboxylic acids is 1. The lowest BCUT2D eigenvalue weighted by molar-refractivity contribution is -0.579. The van der Waals surface area contributed by atoms with Crippen LogP contribution in [0.2, 0.25) is 0 Å². The van der Waals surface area contributed by atoms with E-state index < -0.39 is 23.4 Å². The van der Waals surface area contributed by atoms with Gasteiger partial charge in [0.25, 0.3) is 0 Å². The number of alkyl halides is 3. The van der Waals surface area contributed by atoms with Crippen LogP contribution in [0.5, 0.6) is 0 Å². The van der Waals surface area contributed by atoms with Gasteiger partial charge in [-0.2, -0.15) is 17.9 Å². The maximum atomic E-state index is 14.5. The van der Waals surface area contributed by atoms with E-state index in [-0.39, 0.29) is 29.7 Å². The molecule has 260 valence electrons. The van der Waals surface area contributed by atoms with Crippen LogP contribution in [0.1, 0.15) is 42.0 Å². The number of thioether (sulfide) groups is 1. The molecule has 0 N–H and O–H groups in total. The zero-order chi connectivity index (χ0) is 35.4. The van der Waals surface area contributed by atoms with Gasteiger partial charge in [-0.05, 0) is 60.3 Å². The van der Waals surface area contributed by atoms with Crippen LogP contribution >= 0.6 is 11.8 Å². The van der Waals surface area contributed by atoms with Crippen molar-refractivity contribution in [3.8, 4) is 11.1 Å². The number of hydrogen-bond donors (Lipinski definition) is 0. The van der Waals surface area contributed by atoms with E-state index in [2.05, 4.69) is 16.8 Å². The minimum absolute atomic E-state index is 0.0353. The first-order chi connectivity index (χ1) is 24.0. The Labute approximate surface area is 291 Å². The predicted molar refractivity (Wildman–Crippen MR) is 183 cm³/mol. The first-order valence-corrected chi connectivity index (χ1v) is 17.3. The Morgan fingerprint density at radius 1 is 0.980 bits per heavy atom. The Hall–Kier alpha value is -4.55. The largest absolute Gasteiger partial charge is 0.618 e. The molecule has 0 radical (unpaired) electrons. The van der Waals surface area contributed by atoms with Gasteiger partial charge in [0.2, 0.25) is 11.4 Å². The minimum Gasteiger partial charge on any atom is -0.618 e. The molecule has 1 fully saturated rings. The number of fused-ring (bicyclic) bond motifs is 1. The monoisotopic (exact) mass is 706 g/mol. The number of likely N-dealkylation sites (tertiary alicyclic amines) is 1. The molecule has 0 saturated carbocycles. The van der Waals surface area contributed by atoms with Gasteiger partial charge < -0.3 is 15.0 Å². The smallest absolute Gasteiger partial charge is 0.416 e. The van der Waals surface area contributed by atoms with E-state index in [1.807, 2.05) is 29.2 Å². The molecule has 1 saturated heterocycles. The fourth-order valence-corrected chi connectivity index (χ4v) is 7.41. The van der Waals surface area contributed by atoms with Gasteiger partial charge in [-0.1, -0.05) is 55.5 Å². The van der Waals surface area contributed by atoms with Gasteiger partial charge in [0.1, 0.15) is 5.52 Å². The summed E-state index contributed by atoms with van der Waals surface area (Å²) in [6.07, 6.45) is -0.0233. The summed E-state index contributed by atoms with van der Waals surface area (Å²) < 4.78 is 68.3. The van der Waals surface area contributed by atoms with Crippen LogP contribution in [-0.2, 0) is 29.7 Å². The normalized spacial score (nSPS) is 14.3. The highest BCUT2D eigenvalue weighted by Gasteiger charge is 2.31. The lowest BCUT2D eigenvalue weighted by Crippen LogP contribution is -2.47. The third kappa shape index (κ3) is 7.92. The van der Waals surface area contributed by atoms with E-state index in [0.717, 1.165) is 73.6 Å². The van der Waals surface area contributed by atoms with Crippen LogP contribution in [0.15, 0.2) is 96.2 Å². The molecule has 0 spiro atoms. The summed E-state index contributed by atoms with van der Waals surface area (Å²) in [5.74, 6) is -2.05. The molecule has 0 aliphatic carbocycles. The molecule has 0 unspecified atom stereocenters. The van der Waals surface area contributed by atoms with E-state index in [1.165, 1.54) is 30.5 Å². The van der Waals surface area contributed by atoms with Crippen LogP contribution in [-0.4, -0.2) is 46.4 Å². The molecule has 6 rings (SSSR count). The Kier molecular flexibility index (Phi) is 10.7. The van der Waals surface area contributed by atoms with E-state index in [1.54, 1.807) is 18.3 Å². The van der Waals surface area contributed by atoms with Crippen molar-refractivity contribution in [2.24, 2.45) is 0 Å². The van der Waals surface area contributed by atoms with Crippen LogP contribution in [0.3, 0.4) is 0 Å². The number of carbonyl (C=O) groups is 1. The second-order valence-corrected chi connectivity index (χ2v) is 13.3. The van der Waals surface area contributed by atoms with Gasteiger partial charge in [0, 0.05) is 54.8 Å². The summed E-state index contributed by atoms with van der Waals surface area (Å²) >= 11 is 1.14. The first kappa shape index (κ1) is 35.3. The summed E-state index contributed by atoms with van der Waals surface area (Å²) in [5, 5.41) is 13.0. The lowest BCUT2D eigenvalue weighted by Gasteiger charge is -2.38. The number of pyridine rings is 2. The number of rotatable bonds is 10. The van der Waals surface area contributed by atoms with Gasteiger partial charge in [-0.15, -0.1) is 11.8 Å². The molecule has 50 heavy (non-hydrogen) atoms. The van der Waals surface area contributed by atoms with Crippen LogP contribution in [0, 0.1) is 16.8 Å². The molecule has 0 bridgehead atoms. The second kappa shape index (κ2) is 15.1. The molecular formula is C38H35F5N4O2S. The zero-order valence-electron chi connectivity index (χ0n) is 27.3. The number of nitrogens with zero attached hydrogens (tertiary/aromatic N) is 4. The predicted octanol–water partition coefficient (Wildman–Crippen LogP) is 8.18. The molecule has 3 aromatic carbocycles. The van der Waals surface area contributed by atoms with Crippen molar-refractivity contribution in [3.05, 3.63) is 130 Å². The summed E-state index contributed by atoms with van der Waals surface area (Å²) in [7, 11) is 0. The zero-order valence-corrected chi connectivity index (χ0v) is 28.1. The van der Waals surface area contributed by atoms with Crippen molar-refractivity contribution in [1.82, 2.24) is 14.8 Å². The molecular weight excluding hydrogens is 672 g/mol. The third-order valence-corrected chi connectivity index (χ3v) is 10.3. The summed E-state index contributed by atoms with van der Waals surface area (Å²) in [4.78, 5) is 23.5. The van der Waals surface area contributed by atoms with Gasteiger partial charge in [0.05, 0.1) is 16.9 Å². The quantitative estimate of drug-likeness (QED) is 0.0635. The molecule has 12 heteroatoms. The molecule has 1 amide bonds. The Balaban J connectivity index is 1.29. The van der Waals surface area contributed by atoms with E-state index in [0.29, 0.717) is 38.3 Å². The van der Waals surface area contributed by atoms with Crippen LogP contribution < -0.4 is 4.73 Å². The number of amides is 1. The van der Waals surface area contributed by atoms with E-state index in [9.17, 15) is 32.0 Å². The molecule has 5 aromatic rings. The summed E-state index contributed by atoms with van der Waals surface area (Å²) in [6, 6.07) is 19.6. The molecule has 3 heterocycles. The van der Waals surface area contributed by atoms with Crippen molar-refractivity contribution in [2.45, 2.75) is 55.6 Å². The van der Waals surface area contributed by atoms with Crippen molar-refractivity contribution < 1.29 is 31.5 Å². The highest BCUT2D eigenvalue weighted by Crippen LogP contribution is 2.33. The molecule has 0 atom stereocenters. The third-order valence-electron chi connectivity index (χ3n) is 9.20.